The smallest absolute Gasteiger partial charge is 0.320 e. The maximum atomic E-state index is 12.5. The average molecular weight is 284 g/mol. The number of carboxylic acids is 1. The summed E-state index contributed by atoms with van der Waals surface area (Å²) in [6, 6.07) is 0.0739. The molecule has 1 unspecified atom stereocenters. The SMILES string of the molecule is C[C@@H]1CN(C(=O)N2CCC(CCC(=O)O)C2)C[C@H](C)O1. The Morgan fingerprint density at radius 2 is 1.80 bits per heavy atom. The van der Waals surface area contributed by atoms with Crippen molar-refractivity contribution in [1.82, 2.24) is 9.80 Å². The number of hydrogen-bond donors (Lipinski definition) is 1. The van der Waals surface area contributed by atoms with Crippen molar-refractivity contribution in [3.8, 4) is 0 Å². The number of nitrogens with zero attached hydrogens (tertiary/aromatic N) is 2. The van der Waals surface area contributed by atoms with Gasteiger partial charge in [0, 0.05) is 32.6 Å². The molecule has 2 aliphatic heterocycles. The van der Waals surface area contributed by atoms with Crippen LogP contribution in [0.25, 0.3) is 0 Å². The van der Waals surface area contributed by atoms with Crippen molar-refractivity contribution in [2.45, 2.75) is 45.3 Å². The van der Waals surface area contributed by atoms with Crippen molar-refractivity contribution >= 4 is 12.0 Å². The van der Waals surface area contributed by atoms with E-state index in [-0.39, 0.29) is 24.7 Å². The molecule has 0 aromatic rings. The Labute approximate surface area is 119 Å². The van der Waals surface area contributed by atoms with Crippen molar-refractivity contribution < 1.29 is 19.4 Å². The van der Waals surface area contributed by atoms with Crippen LogP contribution in [0.3, 0.4) is 0 Å². The molecule has 2 amide bonds. The van der Waals surface area contributed by atoms with Crippen LogP contribution in [0.2, 0.25) is 0 Å². The van der Waals surface area contributed by atoms with Gasteiger partial charge in [-0.3, -0.25) is 4.79 Å². The molecule has 3 atom stereocenters. The van der Waals surface area contributed by atoms with E-state index in [0.29, 0.717) is 32.0 Å². The Balaban J connectivity index is 1.83. The molecule has 1 N–H and O–H groups in total. The molecule has 6 nitrogen and oxygen atoms in total. The van der Waals surface area contributed by atoms with Gasteiger partial charge < -0.3 is 19.6 Å². The number of likely N-dealkylation sites (tertiary alicyclic amines) is 1. The highest BCUT2D eigenvalue weighted by Crippen LogP contribution is 2.23. The molecule has 2 rings (SSSR count). The fourth-order valence-corrected chi connectivity index (χ4v) is 3.10. The predicted molar refractivity (Wildman–Crippen MR) is 73.5 cm³/mol. The summed E-state index contributed by atoms with van der Waals surface area (Å²) in [5.41, 5.74) is 0. The van der Waals surface area contributed by atoms with Crippen LogP contribution in [-0.2, 0) is 9.53 Å². The van der Waals surface area contributed by atoms with Gasteiger partial charge in [0.15, 0.2) is 0 Å². The monoisotopic (exact) mass is 284 g/mol. The lowest BCUT2D eigenvalue weighted by Crippen LogP contribution is -2.52. The molecular weight excluding hydrogens is 260 g/mol. The first kappa shape index (κ1) is 15.1. The highest BCUT2D eigenvalue weighted by Gasteiger charge is 2.32. The van der Waals surface area contributed by atoms with E-state index >= 15 is 0 Å². The molecule has 0 saturated carbocycles. The Morgan fingerprint density at radius 1 is 1.15 bits per heavy atom. The van der Waals surface area contributed by atoms with Crippen LogP contribution in [0, 0.1) is 5.92 Å². The second kappa shape index (κ2) is 6.43. The summed E-state index contributed by atoms with van der Waals surface area (Å²) in [7, 11) is 0. The van der Waals surface area contributed by atoms with E-state index in [1.807, 2.05) is 23.6 Å². The highest BCUT2D eigenvalue weighted by atomic mass is 16.5. The fraction of sp³-hybridized carbons (Fsp3) is 0.857. The number of urea groups is 1. The van der Waals surface area contributed by atoms with Crippen molar-refractivity contribution in [3.63, 3.8) is 0 Å². The van der Waals surface area contributed by atoms with Crippen LogP contribution < -0.4 is 0 Å². The molecule has 0 aromatic carbocycles. The zero-order valence-electron chi connectivity index (χ0n) is 12.2. The highest BCUT2D eigenvalue weighted by molar-refractivity contribution is 5.75. The van der Waals surface area contributed by atoms with Gasteiger partial charge in [-0.2, -0.15) is 0 Å². The summed E-state index contributed by atoms with van der Waals surface area (Å²) in [6.45, 7) is 6.67. The summed E-state index contributed by atoms with van der Waals surface area (Å²) in [6.07, 6.45) is 1.92. The number of rotatable bonds is 3. The van der Waals surface area contributed by atoms with Crippen molar-refractivity contribution in [3.05, 3.63) is 0 Å². The van der Waals surface area contributed by atoms with Gasteiger partial charge in [-0.15, -0.1) is 0 Å². The Kier molecular flexibility index (Phi) is 4.86. The zero-order chi connectivity index (χ0) is 14.7. The van der Waals surface area contributed by atoms with Gasteiger partial charge in [0.2, 0.25) is 0 Å². The minimum Gasteiger partial charge on any atom is -0.481 e. The molecular formula is C14H24N2O4. The Morgan fingerprint density at radius 3 is 2.40 bits per heavy atom. The quantitative estimate of drug-likeness (QED) is 0.850. The number of morpholine rings is 1. The van der Waals surface area contributed by atoms with Crippen LogP contribution in [0.4, 0.5) is 4.79 Å². The lowest BCUT2D eigenvalue weighted by molar-refractivity contribution is -0.137. The maximum Gasteiger partial charge on any atom is 0.320 e. The minimum atomic E-state index is -0.759. The first-order chi connectivity index (χ1) is 9.45. The van der Waals surface area contributed by atoms with Crippen LogP contribution in [0.15, 0.2) is 0 Å². The Hall–Kier alpha value is -1.30. The van der Waals surface area contributed by atoms with E-state index in [1.54, 1.807) is 0 Å². The van der Waals surface area contributed by atoms with Gasteiger partial charge >= 0.3 is 12.0 Å². The first-order valence-corrected chi connectivity index (χ1v) is 7.36. The van der Waals surface area contributed by atoms with Crippen molar-refractivity contribution in [1.29, 1.82) is 0 Å². The van der Waals surface area contributed by atoms with Gasteiger partial charge in [0.05, 0.1) is 12.2 Å². The molecule has 2 heterocycles. The van der Waals surface area contributed by atoms with Crippen LogP contribution in [0.1, 0.15) is 33.1 Å². The van der Waals surface area contributed by atoms with E-state index in [4.69, 9.17) is 9.84 Å². The standard InChI is InChI=1S/C14H24N2O4/c1-10-7-16(8-11(2)20-10)14(19)15-6-5-12(9-15)3-4-13(17)18/h10-12H,3-9H2,1-2H3,(H,17,18)/t10-,11+,12?. The summed E-state index contributed by atoms with van der Waals surface area (Å²) in [4.78, 5) is 26.8. The van der Waals surface area contributed by atoms with Crippen molar-refractivity contribution in [2.75, 3.05) is 26.2 Å². The summed E-state index contributed by atoms with van der Waals surface area (Å²) in [5.74, 6) is -0.434. The number of carbonyl (C=O) groups excluding carboxylic acids is 1. The van der Waals surface area contributed by atoms with Crippen LogP contribution in [-0.4, -0.2) is 65.3 Å². The van der Waals surface area contributed by atoms with Gasteiger partial charge in [-0.1, -0.05) is 0 Å². The van der Waals surface area contributed by atoms with E-state index < -0.39 is 5.97 Å². The third kappa shape index (κ3) is 3.85. The number of carboxylic acid groups (broad SMARTS) is 1. The molecule has 2 saturated heterocycles. The number of ether oxygens (including phenoxy) is 1. The van der Waals surface area contributed by atoms with Gasteiger partial charge in [-0.25, -0.2) is 4.79 Å². The summed E-state index contributed by atoms with van der Waals surface area (Å²) >= 11 is 0. The second-order valence-electron chi connectivity index (χ2n) is 5.98. The number of amides is 2. The molecule has 2 aliphatic rings. The third-order valence-corrected chi connectivity index (χ3v) is 4.01. The lowest BCUT2D eigenvalue weighted by atomic mass is 10.0. The molecule has 6 heteroatoms. The molecule has 20 heavy (non-hydrogen) atoms. The van der Waals surface area contributed by atoms with E-state index in [2.05, 4.69) is 0 Å². The molecule has 0 aliphatic carbocycles. The number of carbonyl (C=O) groups is 2. The van der Waals surface area contributed by atoms with Crippen LogP contribution in [0.5, 0.6) is 0 Å². The summed E-state index contributed by atoms with van der Waals surface area (Å²) < 4.78 is 5.64. The second-order valence-corrected chi connectivity index (χ2v) is 5.98. The molecule has 0 spiro atoms. The van der Waals surface area contributed by atoms with E-state index in [1.165, 1.54) is 0 Å². The molecule has 0 bridgehead atoms. The molecule has 114 valence electrons. The molecule has 2 fully saturated rings. The van der Waals surface area contributed by atoms with Gasteiger partial charge in [0.1, 0.15) is 0 Å². The number of hydrogen-bond acceptors (Lipinski definition) is 3. The maximum absolute atomic E-state index is 12.5. The first-order valence-electron chi connectivity index (χ1n) is 7.36. The predicted octanol–water partition coefficient (Wildman–Crippen LogP) is 1.40. The van der Waals surface area contributed by atoms with Gasteiger partial charge in [-0.05, 0) is 32.6 Å². The fourth-order valence-electron chi connectivity index (χ4n) is 3.10. The Bertz CT molecular complexity index is 364. The third-order valence-electron chi connectivity index (χ3n) is 4.01. The molecule has 0 radical (unpaired) electrons. The van der Waals surface area contributed by atoms with E-state index in [0.717, 1.165) is 13.0 Å². The topological polar surface area (TPSA) is 70.1 Å². The zero-order valence-corrected chi connectivity index (χ0v) is 12.2. The molecule has 0 aromatic heterocycles. The largest absolute Gasteiger partial charge is 0.481 e. The summed E-state index contributed by atoms with van der Waals surface area (Å²) in [5, 5.41) is 8.71. The normalized spacial score (nSPS) is 30.6. The lowest BCUT2D eigenvalue weighted by Gasteiger charge is -2.37. The van der Waals surface area contributed by atoms with Crippen LogP contribution >= 0.6 is 0 Å². The van der Waals surface area contributed by atoms with Gasteiger partial charge in [0.25, 0.3) is 0 Å². The minimum absolute atomic E-state index is 0.0739. The average Bonchev–Trinajstić information content (AvgIpc) is 2.83. The number of aliphatic carboxylic acids is 1. The van der Waals surface area contributed by atoms with E-state index in [9.17, 15) is 9.59 Å². The van der Waals surface area contributed by atoms with Crippen molar-refractivity contribution in [2.24, 2.45) is 5.92 Å².